The Bertz CT molecular complexity index is 489. The van der Waals surface area contributed by atoms with E-state index in [9.17, 15) is 4.79 Å². The van der Waals surface area contributed by atoms with E-state index < -0.39 is 0 Å². The maximum Gasteiger partial charge on any atom is 0.281 e. The lowest BCUT2D eigenvalue weighted by molar-refractivity contribution is 0.0959. The number of thiophene rings is 1. The van der Waals surface area contributed by atoms with Gasteiger partial charge in [-0.25, -0.2) is 5.43 Å². The van der Waals surface area contributed by atoms with Crippen LogP contribution in [0.15, 0.2) is 11.2 Å². The molecule has 0 fully saturated rings. The molecule has 0 aliphatic heterocycles. The molecule has 1 aliphatic carbocycles. The van der Waals surface area contributed by atoms with E-state index >= 15 is 0 Å². The Kier molecular flexibility index (Phi) is 5.35. The van der Waals surface area contributed by atoms with Gasteiger partial charge in [-0.1, -0.05) is 20.8 Å². The third kappa shape index (κ3) is 3.69. The molecule has 0 radical (unpaired) electrons. The van der Waals surface area contributed by atoms with Crippen molar-refractivity contribution in [3.63, 3.8) is 0 Å². The van der Waals surface area contributed by atoms with E-state index in [0.717, 1.165) is 36.5 Å². The highest BCUT2D eigenvalue weighted by atomic mass is 32.1. The number of rotatable bonds is 5. The van der Waals surface area contributed by atoms with Crippen molar-refractivity contribution in [2.45, 2.75) is 52.9 Å². The summed E-state index contributed by atoms with van der Waals surface area (Å²) in [6.45, 7) is 6.55. The molecular weight excluding hydrogens is 268 g/mol. The Morgan fingerprint density at radius 1 is 1.55 bits per heavy atom. The van der Waals surface area contributed by atoms with Crippen LogP contribution >= 0.6 is 11.3 Å². The maximum absolute atomic E-state index is 12.1. The first kappa shape index (κ1) is 15.2. The van der Waals surface area contributed by atoms with Crippen molar-refractivity contribution in [2.75, 3.05) is 0 Å². The lowest BCUT2D eigenvalue weighted by Gasteiger charge is -2.16. The second kappa shape index (κ2) is 7.02. The van der Waals surface area contributed by atoms with Crippen LogP contribution in [0.4, 0.5) is 0 Å². The molecule has 0 spiro atoms. The molecule has 1 atom stereocenters. The Morgan fingerprint density at radius 2 is 2.30 bits per heavy atom. The van der Waals surface area contributed by atoms with Gasteiger partial charge in [0.2, 0.25) is 0 Å². The van der Waals surface area contributed by atoms with Crippen molar-refractivity contribution in [1.82, 2.24) is 5.43 Å². The number of carbonyl (C=O) groups excluding carboxylic acids is 1. The summed E-state index contributed by atoms with van der Waals surface area (Å²) in [5.74, 6) is 1.12. The average molecular weight is 292 g/mol. The lowest BCUT2D eigenvalue weighted by atomic mass is 9.90. The van der Waals surface area contributed by atoms with Crippen molar-refractivity contribution in [2.24, 2.45) is 16.9 Å². The topological polar surface area (TPSA) is 41.5 Å². The molecule has 1 amide bonds. The molecule has 1 aromatic rings. The van der Waals surface area contributed by atoms with Gasteiger partial charge in [-0.15, -0.1) is 11.3 Å². The minimum atomic E-state index is -0.0701. The van der Waals surface area contributed by atoms with Gasteiger partial charge < -0.3 is 0 Å². The van der Waals surface area contributed by atoms with Crippen molar-refractivity contribution in [3.05, 3.63) is 21.4 Å². The van der Waals surface area contributed by atoms with E-state index in [4.69, 9.17) is 0 Å². The molecule has 0 unspecified atom stereocenters. The van der Waals surface area contributed by atoms with Crippen LogP contribution in [-0.4, -0.2) is 12.1 Å². The van der Waals surface area contributed by atoms with E-state index in [1.54, 1.807) is 11.3 Å². The van der Waals surface area contributed by atoms with Crippen LogP contribution < -0.4 is 5.43 Å². The van der Waals surface area contributed by atoms with Gasteiger partial charge in [-0.05, 0) is 55.6 Å². The molecule has 2 rings (SSSR count). The van der Waals surface area contributed by atoms with Gasteiger partial charge in [0, 0.05) is 11.1 Å². The van der Waals surface area contributed by atoms with Crippen LogP contribution in [0.3, 0.4) is 0 Å². The Morgan fingerprint density at radius 3 is 3.00 bits per heavy atom. The molecule has 110 valence electrons. The number of nitrogens with one attached hydrogen (secondary N) is 1. The summed E-state index contributed by atoms with van der Waals surface area (Å²) in [6, 6.07) is 2.05. The molecular formula is C16H24N2OS. The zero-order chi connectivity index (χ0) is 14.5. The van der Waals surface area contributed by atoms with E-state index in [0.29, 0.717) is 5.92 Å². The fraction of sp³-hybridized carbons (Fsp3) is 0.625. The van der Waals surface area contributed by atoms with Crippen molar-refractivity contribution >= 4 is 23.5 Å². The standard InChI is InChI=1S/C16H24N2OS/c1-4-12(5-2)10-17-18-16(19)15-9-13-8-11(3)6-7-14(13)20-15/h9-12H,4-8H2,1-3H3,(H,18,19)/b17-10-/t11-/m1/s1. The van der Waals surface area contributed by atoms with E-state index in [-0.39, 0.29) is 5.91 Å². The zero-order valence-electron chi connectivity index (χ0n) is 12.6. The summed E-state index contributed by atoms with van der Waals surface area (Å²) in [6.07, 6.45) is 7.43. The lowest BCUT2D eigenvalue weighted by Crippen LogP contribution is -2.17. The number of fused-ring (bicyclic) bond motifs is 1. The van der Waals surface area contributed by atoms with Gasteiger partial charge in [0.1, 0.15) is 0 Å². The molecule has 20 heavy (non-hydrogen) atoms. The third-order valence-corrected chi connectivity index (χ3v) is 5.29. The van der Waals surface area contributed by atoms with Gasteiger partial charge in [0.05, 0.1) is 4.88 Å². The molecule has 3 nitrogen and oxygen atoms in total. The zero-order valence-corrected chi connectivity index (χ0v) is 13.4. The first-order chi connectivity index (χ1) is 9.63. The summed E-state index contributed by atoms with van der Waals surface area (Å²) in [4.78, 5) is 14.3. The number of hydrogen-bond donors (Lipinski definition) is 1. The summed E-state index contributed by atoms with van der Waals surface area (Å²) in [5, 5.41) is 4.09. The number of carbonyl (C=O) groups is 1. The first-order valence-corrected chi connectivity index (χ1v) is 8.40. The van der Waals surface area contributed by atoms with Crippen molar-refractivity contribution in [3.8, 4) is 0 Å². The highest BCUT2D eigenvalue weighted by Gasteiger charge is 2.20. The molecule has 0 saturated carbocycles. The van der Waals surface area contributed by atoms with Crippen LogP contribution in [-0.2, 0) is 12.8 Å². The predicted octanol–water partition coefficient (Wildman–Crippen LogP) is 4.02. The van der Waals surface area contributed by atoms with Gasteiger partial charge >= 0.3 is 0 Å². The Hall–Kier alpha value is -1.16. The molecule has 1 aliphatic rings. The minimum absolute atomic E-state index is 0.0701. The number of aryl methyl sites for hydroxylation is 1. The van der Waals surface area contributed by atoms with Gasteiger partial charge in [-0.3, -0.25) is 4.79 Å². The largest absolute Gasteiger partial charge is 0.281 e. The second-order valence-corrected chi connectivity index (χ2v) is 6.84. The first-order valence-electron chi connectivity index (χ1n) is 7.59. The maximum atomic E-state index is 12.1. The minimum Gasteiger partial charge on any atom is -0.266 e. The number of hydrogen-bond acceptors (Lipinski definition) is 3. The van der Waals surface area contributed by atoms with Crippen LogP contribution in [0.2, 0.25) is 0 Å². The van der Waals surface area contributed by atoms with Crippen molar-refractivity contribution in [1.29, 1.82) is 0 Å². The van der Waals surface area contributed by atoms with Crippen LogP contribution in [0.1, 0.15) is 60.1 Å². The summed E-state index contributed by atoms with van der Waals surface area (Å²) in [5.41, 5.74) is 4.02. The summed E-state index contributed by atoms with van der Waals surface area (Å²) in [7, 11) is 0. The van der Waals surface area contributed by atoms with E-state index in [1.807, 2.05) is 6.21 Å². The normalized spacial score (nSPS) is 18.5. The second-order valence-electron chi connectivity index (χ2n) is 5.70. The quantitative estimate of drug-likeness (QED) is 0.646. The molecule has 1 N–H and O–H groups in total. The van der Waals surface area contributed by atoms with Crippen LogP contribution in [0.5, 0.6) is 0 Å². The van der Waals surface area contributed by atoms with E-state index in [1.165, 1.54) is 16.9 Å². The highest BCUT2D eigenvalue weighted by Crippen LogP contribution is 2.32. The summed E-state index contributed by atoms with van der Waals surface area (Å²) < 4.78 is 0. The fourth-order valence-electron chi connectivity index (χ4n) is 2.57. The van der Waals surface area contributed by atoms with Gasteiger partial charge in [-0.2, -0.15) is 5.10 Å². The monoisotopic (exact) mass is 292 g/mol. The van der Waals surface area contributed by atoms with Gasteiger partial charge in [0.15, 0.2) is 0 Å². The SMILES string of the molecule is CCC(/C=N\NC(=O)c1cc2c(s1)CC[C@@H](C)C2)CC. The highest BCUT2D eigenvalue weighted by molar-refractivity contribution is 7.14. The van der Waals surface area contributed by atoms with E-state index in [2.05, 4.69) is 37.4 Å². The third-order valence-electron chi connectivity index (χ3n) is 4.05. The molecule has 0 aromatic carbocycles. The molecule has 1 heterocycles. The Balaban J connectivity index is 1.96. The Labute approximate surface area is 125 Å². The molecule has 0 bridgehead atoms. The number of amides is 1. The smallest absolute Gasteiger partial charge is 0.266 e. The van der Waals surface area contributed by atoms with Gasteiger partial charge in [0.25, 0.3) is 5.91 Å². The number of nitrogens with zero attached hydrogens (tertiary/aromatic N) is 1. The molecule has 0 saturated heterocycles. The average Bonchev–Trinajstić information content (AvgIpc) is 2.86. The van der Waals surface area contributed by atoms with Crippen LogP contribution in [0.25, 0.3) is 0 Å². The number of hydrazone groups is 1. The fourth-order valence-corrected chi connectivity index (χ4v) is 3.67. The van der Waals surface area contributed by atoms with Crippen LogP contribution in [0, 0.1) is 11.8 Å². The summed E-state index contributed by atoms with van der Waals surface area (Å²) >= 11 is 1.63. The molecule has 1 aromatic heterocycles. The van der Waals surface area contributed by atoms with Crippen molar-refractivity contribution < 1.29 is 4.79 Å². The predicted molar refractivity (Wildman–Crippen MR) is 85.5 cm³/mol. The molecule has 4 heteroatoms.